The van der Waals surface area contributed by atoms with Gasteiger partial charge in [0.05, 0.1) is 6.20 Å². The molecule has 62 valence electrons. The van der Waals surface area contributed by atoms with Crippen molar-refractivity contribution in [3.05, 3.63) is 22.2 Å². The summed E-state index contributed by atoms with van der Waals surface area (Å²) in [5, 5.41) is 0.602. The molecule has 6 heteroatoms. The number of aromatic amines is 1. The molecule has 0 saturated heterocycles. The lowest BCUT2D eigenvalue weighted by atomic mass is 10.5. The van der Waals surface area contributed by atoms with Gasteiger partial charge in [-0.3, -0.25) is 9.20 Å². The predicted octanol–water partition coefficient (Wildman–Crippen LogP) is 1.78. The number of aldehydes is 1. The van der Waals surface area contributed by atoms with Gasteiger partial charge >= 0.3 is 0 Å². The lowest BCUT2D eigenvalue weighted by molar-refractivity contribution is 0.111. The highest BCUT2D eigenvalue weighted by molar-refractivity contribution is 6.33. The maximum absolute atomic E-state index is 10.5. The van der Waals surface area contributed by atoms with Crippen LogP contribution in [0.4, 0.5) is 0 Å². The van der Waals surface area contributed by atoms with Crippen molar-refractivity contribution in [2.45, 2.75) is 0 Å². The minimum Gasteiger partial charge on any atom is -0.314 e. The normalized spacial score (nSPS) is 10.8. The average Bonchev–Trinajstić information content (AvgIpc) is 2.52. The summed E-state index contributed by atoms with van der Waals surface area (Å²) < 4.78 is 1.44. The summed E-state index contributed by atoms with van der Waals surface area (Å²) in [6, 6.07) is 0. The molecular formula is C6H3Cl2N3O. The highest BCUT2D eigenvalue weighted by Gasteiger charge is 2.11. The Bertz CT molecular complexity index is 445. The van der Waals surface area contributed by atoms with Gasteiger partial charge in [0.15, 0.2) is 6.29 Å². The highest BCUT2D eigenvalue weighted by Crippen LogP contribution is 2.19. The van der Waals surface area contributed by atoms with Gasteiger partial charge in [-0.05, 0) is 0 Å². The molecule has 2 heterocycles. The fourth-order valence-corrected chi connectivity index (χ4v) is 1.45. The number of hydrogen-bond acceptors (Lipinski definition) is 2. The summed E-state index contributed by atoms with van der Waals surface area (Å²) >= 11 is 11.4. The Morgan fingerprint density at radius 2 is 2.33 bits per heavy atom. The van der Waals surface area contributed by atoms with Gasteiger partial charge in [-0.25, -0.2) is 4.98 Å². The molecule has 0 fully saturated rings. The van der Waals surface area contributed by atoms with Gasteiger partial charge in [-0.2, -0.15) is 0 Å². The van der Waals surface area contributed by atoms with E-state index in [1.807, 2.05) is 0 Å². The molecule has 2 rings (SSSR count). The topological polar surface area (TPSA) is 50.2 Å². The van der Waals surface area contributed by atoms with Crippen LogP contribution in [-0.2, 0) is 0 Å². The molecule has 2 aromatic heterocycles. The lowest BCUT2D eigenvalue weighted by Crippen LogP contribution is -1.87. The Morgan fingerprint density at radius 1 is 1.58 bits per heavy atom. The van der Waals surface area contributed by atoms with E-state index in [0.29, 0.717) is 17.2 Å². The third kappa shape index (κ3) is 0.852. The number of nitrogens with zero attached hydrogens (tertiary/aromatic N) is 2. The smallest absolute Gasteiger partial charge is 0.214 e. The fraction of sp³-hybridized carbons (Fsp3) is 0. The molecule has 0 amide bonds. The molecule has 0 radical (unpaired) electrons. The van der Waals surface area contributed by atoms with Crippen LogP contribution >= 0.6 is 23.2 Å². The number of nitrogens with one attached hydrogen (secondary N) is 1. The van der Waals surface area contributed by atoms with Crippen LogP contribution in [0.3, 0.4) is 0 Å². The van der Waals surface area contributed by atoms with Crippen LogP contribution in [0.25, 0.3) is 5.78 Å². The van der Waals surface area contributed by atoms with Crippen LogP contribution in [0.15, 0.2) is 6.20 Å². The summed E-state index contributed by atoms with van der Waals surface area (Å²) in [6.45, 7) is 0. The van der Waals surface area contributed by atoms with Crippen molar-refractivity contribution < 1.29 is 4.79 Å². The van der Waals surface area contributed by atoms with E-state index < -0.39 is 0 Å². The van der Waals surface area contributed by atoms with Crippen LogP contribution in [0, 0.1) is 0 Å². The summed E-state index contributed by atoms with van der Waals surface area (Å²) in [7, 11) is 0. The van der Waals surface area contributed by atoms with Crippen LogP contribution < -0.4 is 0 Å². The first-order valence-electron chi connectivity index (χ1n) is 3.09. The van der Waals surface area contributed by atoms with E-state index in [1.54, 1.807) is 0 Å². The monoisotopic (exact) mass is 203 g/mol. The van der Waals surface area contributed by atoms with Gasteiger partial charge in [0.25, 0.3) is 0 Å². The predicted molar refractivity (Wildman–Crippen MR) is 45.0 cm³/mol. The Balaban J connectivity index is 2.93. The van der Waals surface area contributed by atoms with Crippen molar-refractivity contribution >= 4 is 35.3 Å². The largest absolute Gasteiger partial charge is 0.314 e. The minimum absolute atomic E-state index is 0.245. The third-order valence-corrected chi connectivity index (χ3v) is 2.07. The van der Waals surface area contributed by atoms with E-state index in [1.165, 1.54) is 10.6 Å². The molecule has 0 aliphatic heterocycles. The van der Waals surface area contributed by atoms with Crippen molar-refractivity contribution in [2.75, 3.05) is 0 Å². The molecule has 0 aromatic carbocycles. The molecule has 0 bridgehead atoms. The summed E-state index contributed by atoms with van der Waals surface area (Å²) in [6.07, 6.45) is 2.07. The molecule has 12 heavy (non-hydrogen) atoms. The van der Waals surface area contributed by atoms with Crippen LogP contribution in [0.2, 0.25) is 10.3 Å². The number of imidazole rings is 2. The zero-order valence-electron chi connectivity index (χ0n) is 5.71. The Labute approximate surface area is 77.1 Å². The van der Waals surface area contributed by atoms with E-state index >= 15 is 0 Å². The van der Waals surface area contributed by atoms with Gasteiger partial charge in [0, 0.05) is 0 Å². The average molecular weight is 204 g/mol. The third-order valence-electron chi connectivity index (χ3n) is 1.52. The minimum atomic E-state index is 0.245. The van der Waals surface area contributed by atoms with Gasteiger partial charge in [-0.15, -0.1) is 0 Å². The number of H-pyrrole nitrogens is 1. The van der Waals surface area contributed by atoms with Crippen LogP contribution in [0.5, 0.6) is 0 Å². The molecular weight excluding hydrogens is 201 g/mol. The van der Waals surface area contributed by atoms with Gasteiger partial charge in [0.2, 0.25) is 5.78 Å². The Hall–Kier alpha value is -1.00. The quantitative estimate of drug-likeness (QED) is 0.719. The van der Waals surface area contributed by atoms with Crippen molar-refractivity contribution in [2.24, 2.45) is 0 Å². The molecule has 2 aromatic rings. The Morgan fingerprint density at radius 3 is 3.00 bits per heavy atom. The fourth-order valence-electron chi connectivity index (χ4n) is 1.01. The van der Waals surface area contributed by atoms with Crippen molar-refractivity contribution in [1.29, 1.82) is 0 Å². The highest BCUT2D eigenvalue weighted by atomic mass is 35.5. The van der Waals surface area contributed by atoms with E-state index in [4.69, 9.17) is 23.2 Å². The molecule has 0 saturated carbocycles. The lowest BCUT2D eigenvalue weighted by Gasteiger charge is -1.88. The second-order valence-corrected chi connectivity index (χ2v) is 2.95. The second kappa shape index (κ2) is 2.50. The zero-order valence-corrected chi connectivity index (χ0v) is 7.23. The molecule has 0 aliphatic rings. The van der Waals surface area contributed by atoms with Crippen LogP contribution in [-0.4, -0.2) is 20.7 Å². The maximum Gasteiger partial charge on any atom is 0.214 e. The van der Waals surface area contributed by atoms with Gasteiger partial charge in [-0.1, -0.05) is 23.2 Å². The SMILES string of the molecule is O=Cc1c(Cl)[nH]c2ncc(Cl)n12. The zero-order chi connectivity index (χ0) is 8.72. The molecule has 4 nitrogen and oxygen atoms in total. The van der Waals surface area contributed by atoms with E-state index in [2.05, 4.69) is 9.97 Å². The molecule has 0 unspecified atom stereocenters. The van der Waals surface area contributed by atoms with Crippen LogP contribution in [0.1, 0.15) is 10.5 Å². The first kappa shape index (κ1) is 7.64. The number of carbonyl (C=O) groups excluding carboxylic acids is 1. The first-order chi connectivity index (χ1) is 5.74. The standard InChI is InChI=1S/C6H3Cl2N3O/c7-4-1-9-6-10-5(8)3(2-12)11(4)6/h1-2H,(H,9,10). The summed E-state index contributed by atoms with van der Waals surface area (Å²) in [4.78, 5) is 17.1. The summed E-state index contributed by atoms with van der Waals surface area (Å²) in [5.74, 6) is 0.465. The number of carbonyl (C=O) groups is 1. The van der Waals surface area contributed by atoms with Crippen molar-refractivity contribution in [1.82, 2.24) is 14.4 Å². The molecule has 0 aliphatic carbocycles. The van der Waals surface area contributed by atoms with Gasteiger partial charge < -0.3 is 4.98 Å². The summed E-state index contributed by atoms with van der Waals surface area (Å²) in [5.41, 5.74) is 0.286. The van der Waals surface area contributed by atoms with E-state index in [9.17, 15) is 4.79 Å². The maximum atomic E-state index is 10.5. The Kier molecular flexibility index (Phi) is 1.59. The van der Waals surface area contributed by atoms with Crippen molar-refractivity contribution in [3.8, 4) is 0 Å². The number of aromatic nitrogens is 3. The second-order valence-electron chi connectivity index (χ2n) is 2.18. The number of halogens is 2. The molecule has 0 atom stereocenters. The number of rotatable bonds is 1. The van der Waals surface area contributed by atoms with Crippen molar-refractivity contribution in [3.63, 3.8) is 0 Å². The number of fused-ring (bicyclic) bond motifs is 1. The molecule has 0 spiro atoms. The van der Waals surface area contributed by atoms with E-state index in [-0.39, 0.29) is 10.8 Å². The molecule has 1 N–H and O–H groups in total. The van der Waals surface area contributed by atoms with E-state index in [0.717, 1.165) is 0 Å². The first-order valence-corrected chi connectivity index (χ1v) is 3.85. The number of hydrogen-bond donors (Lipinski definition) is 1. The van der Waals surface area contributed by atoms with Gasteiger partial charge in [0.1, 0.15) is 16.0 Å².